The second kappa shape index (κ2) is 4.63. The van der Waals surface area contributed by atoms with Gasteiger partial charge in [-0.25, -0.2) is 4.98 Å². The van der Waals surface area contributed by atoms with E-state index in [0.717, 1.165) is 11.3 Å². The molecule has 0 saturated heterocycles. The summed E-state index contributed by atoms with van der Waals surface area (Å²) >= 11 is 0. The zero-order valence-electron chi connectivity index (χ0n) is 9.49. The van der Waals surface area contributed by atoms with Crippen molar-refractivity contribution in [1.82, 2.24) is 9.97 Å². The molecule has 0 radical (unpaired) electrons. The Morgan fingerprint density at radius 2 is 2.31 bits per heavy atom. The molecule has 0 bridgehead atoms. The minimum absolute atomic E-state index is 0.0547. The summed E-state index contributed by atoms with van der Waals surface area (Å²) in [7, 11) is 1.59. The van der Waals surface area contributed by atoms with Gasteiger partial charge < -0.3 is 20.5 Å². The predicted octanol–water partition coefficient (Wildman–Crippen LogP) is 0.275. The molecule has 0 aromatic carbocycles. The van der Waals surface area contributed by atoms with Gasteiger partial charge in [0.15, 0.2) is 0 Å². The summed E-state index contributed by atoms with van der Waals surface area (Å²) in [5, 5.41) is 3.07. The highest BCUT2D eigenvalue weighted by molar-refractivity contribution is 5.39. The first-order valence-corrected chi connectivity index (χ1v) is 5.21. The van der Waals surface area contributed by atoms with Gasteiger partial charge in [-0.05, 0) is 6.92 Å². The third kappa shape index (κ3) is 2.23. The molecule has 0 saturated carbocycles. The highest BCUT2D eigenvalue weighted by Gasteiger charge is 2.20. The number of hydrogen-bond donors (Lipinski definition) is 2. The Labute approximate surface area is 94.2 Å². The molecule has 0 spiro atoms. The minimum Gasteiger partial charge on any atom is -0.481 e. The fourth-order valence-corrected chi connectivity index (χ4v) is 1.52. The summed E-state index contributed by atoms with van der Waals surface area (Å²) < 4.78 is 10.5. The van der Waals surface area contributed by atoms with Crippen molar-refractivity contribution in [2.45, 2.75) is 26.2 Å². The van der Waals surface area contributed by atoms with E-state index < -0.39 is 0 Å². The van der Waals surface area contributed by atoms with Gasteiger partial charge in [0, 0.05) is 12.6 Å². The van der Waals surface area contributed by atoms with Gasteiger partial charge in [0.1, 0.15) is 0 Å². The largest absolute Gasteiger partial charge is 0.481 e. The van der Waals surface area contributed by atoms with Crippen LogP contribution in [0.3, 0.4) is 0 Å². The Morgan fingerprint density at radius 1 is 1.50 bits per heavy atom. The Bertz CT molecular complexity index is 381. The number of hydrogen-bond acceptors (Lipinski definition) is 6. The van der Waals surface area contributed by atoms with Crippen molar-refractivity contribution in [2.24, 2.45) is 5.73 Å². The summed E-state index contributed by atoms with van der Waals surface area (Å²) in [4.78, 5) is 8.61. The van der Waals surface area contributed by atoms with Crippen molar-refractivity contribution in [1.29, 1.82) is 0 Å². The molecule has 1 unspecified atom stereocenters. The van der Waals surface area contributed by atoms with Crippen molar-refractivity contribution >= 4 is 5.95 Å². The van der Waals surface area contributed by atoms with Crippen molar-refractivity contribution in [2.75, 3.05) is 19.0 Å². The predicted molar refractivity (Wildman–Crippen MR) is 59.2 cm³/mol. The zero-order valence-corrected chi connectivity index (χ0v) is 9.49. The molecular formula is C10H16N4O2. The molecule has 0 amide bonds. The van der Waals surface area contributed by atoms with Crippen LogP contribution >= 0.6 is 0 Å². The summed E-state index contributed by atoms with van der Waals surface area (Å²) in [6.45, 7) is 3.58. The molecule has 16 heavy (non-hydrogen) atoms. The normalized spacial score (nSPS) is 15.7. The topological polar surface area (TPSA) is 82.3 Å². The first-order valence-electron chi connectivity index (χ1n) is 5.21. The number of anilines is 1. The second-order valence-corrected chi connectivity index (χ2v) is 3.83. The van der Waals surface area contributed by atoms with Crippen molar-refractivity contribution in [3.8, 4) is 5.88 Å². The van der Waals surface area contributed by atoms with Gasteiger partial charge >= 0.3 is 0 Å². The molecule has 2 rings (SSSR count). The number of aromatic nitrogens is 2. The number of ether oxygens (including phenoxy) is 2. The maximum atomic E-state index is 5.65. The van der Waals surface area contributed by atoms with E-state index in [4.69, 9.17) is 15.2 Å². The van der Waals surface area contributed by atoms with Gasteiger partial charge in [-0.2, -0.15) is 4.98 Å². The van der Waals surface area contributed by atoms with E-state index in [1.54, 1.807) is 7.11 Å². The third-order valence-electron chi connectivity index (χ3n) is 2.32. The third-order valence-corrected chi connectivity index (χ3v) is 2.32. The molecule has 1 atom stereocenters. The van der Waals surface area contributed by atoms with Crippen LogP contribution in [0.5, 0.6) is 5.88 Å². The first-order chi connectivity index (χ1) is 7.70. The Kier molecular flexibility index (Phi) is 3.21. The Balaban J connectivity index is 2.20. The van der Waals surface area contributed by atoms with Crippen LogP contribution in [0.4, 0.5) is 5.95 Å². The van der Waals surface area contributed by atoms with Crippen LogP contribution in [0.15, 0.2) is 0 Å². The van der Waals surface area contributed by atoms with E-state index in [-0.39, 0.29) is 6.04 Å². The second-order valence-electron chi connectivity index (χ2n) is 3.83. The molecule has 6 nitrogen and oxygen atoms in total. The van der Waals surface area contributed by atoms with Crippen LogP contribution in [0.2, 0.25) is 0 Å². The summed E-state index contributed by atoms with van der Waals surface area (Å²) in [6.07, 6.45) is 0. The molecule has 0 aliphatic carbocycles. The van der Waals surface area contributed by atoms with Crippen LogP contribution in [0.1, 0.15) is 18.2 Å². The molecule has 1 aromatic heterocycles. The van der Waals surface area contributed by atoms with E-state index in [0.29, 0.717) is 31.6 Å². The quantitative estimate of drug-likeness (QED) is 0.764. The van der Waals surface area contributed by atoms with E-state index >= 15 is 0 Å². The lowest BCUT2D eigenvalue weighted by atomic mass is 10.2. The molecular weight excluding hydrogens is 208 g/mol. The lowest BCUT2D eigenvalue weighted by molar-refractivity contribution is 0.132. The number of methoxy groups -OCH3 is 1. The van der Waals surface area contributed by atoms with E-state index in [1.807, 2.05) is 6.92 Å². The van der Waals surface area contributed by atoms with Gasteiger partial charge in [-0.3, -0.25) is 0 Å². The van der Waals surface area contributed by atoms with Gasteiger partial charge in [0.2, 0.25) is 11.8 Å². The first kappa shape index (κ1) is 11.1. The minimum atomic E-state index is 0.0547. The van der Waals surface area contributed by atoms with Crippen LogP contribution in [-0.4, -0.2) is 29.7 Å². The lowest BCUT2D eigenvalue weighted by Crippen LogP contribution is -2.26. The Morgan fingerprint density at radius 3 is 3.00 bits per heavy atom. The number of nitrogens with one attached hydrogen (secondary N) is 1. The fraction of sp³-hybridized carbons (Fsp3) is 0.600. The lowest BCUT2D eigenvalue weighted by Gasteiger charge is -2.10. The Hall–Kier alpha value is -1.40. The van der Waals surface area contributed by atoms with Gasteiger partial charge in [0.25, 0.3) is 0 Å². The van der Waals surface area contributed by atoms with Crippen LogP contribution in [-0.2, 0) is 18.0 Å². The molecule has 88 valence electrons. The van der Waals surface area contributed by atoms with Crippen LogP contribution in [0, 0.1) is 0 Å². The van der Waals surface area contributed by atoms with Gasteiger partial charge in [-0.15, -0.1) is 0 Å². The molecule has 1 aromatic rings. The SMILES string of the molecule is COc1nc(NCC(C)N)nc2c1COC2. The molecule has 6 heteroatoms. The maximum Gasteiger partial charge on any atom is 0.226 e. The fourth-order valence-electron chi connectivity index (χ4n) is 1.52. The molecule has 3 N–H and O–H groups in total. The van der Waals surface area contributed by atoms with Crippen LogP contribution in [0.25, 0.3) is 0 Å². The molecule has 0 fully saturated rings. The van der Waals surface area contributed by atoms with E-state index in [1.165, 1.54) is 0 Å². The standard InChI is InChI=1S/C10H16N4O2/c1-6(11)3-12-10-13-8-5-16-4-7(8)9(14-10)15-2/h6H,3-5,11H2,1-2H3,(H,12,13,14). The van der Waals surface area contributed by atoms with Crippen molar-refractivity contribution in [3.63, 3.8) is 0 Å². The van der Waals surface area contributed by atoms with Crippen molar-refractivity contribution < 1.29 is 9.47 Å². The molecule has 2 heterocycles. The summed E-state index contributed by atoms with van der Waals surface area (Å²) in [5.74, 6) is 1.12. The number of rotatable bonds is 4. The van der Waals surface area contributed by atoms with Gasteiger partial charge in [0.05, 0.1) is 31.6 Å². The number of nitrogens with two attached hydrogens (primary N) is 1. The maximum absolute atomic E-state index is 5.65. The van der Waals surface area contributed by atoms with E-state index in [2.05, 4.69) is 15.3 Å². The molecule has 1 aliphatic rings. The average Bonchev–Trinajstić information content (AvgIpc) is 2.73. The van der Waals surface area contributed by atoms with Crippen molar-refractivity contribution in [3.05, 3.63) is 11.3 Å². The molecule has 1 aliphatic heterocycles. The van der Waals surface area contributed by atoms with Gasteiger partial charge in [-0.1, -0.05) is 0 Å². The average molecular weight is 224 g/mol. The monoisotopic (exact) mass is 224 g/mol. The van der Waals surface area contributed by atoms with E-state index in [9.17, 15) is 0 Å². The highest BCUT2D eigenvalue weighted by Crippen LogP contribution is 2.27. The summed E-state index contributed by atoms with van der Waals surface area (Å²) in [6, 6.07) is 0.0547. The highest BCUT2D eigenvalue weighted by atomic mass is 16.5. The zero-order chi connectivity index (χ0) is 11.5. The number of fused-ring (bicyclic) bond motifs is 1. The number of nitrogens with zero attached hydrogens (tertiary/aromatic N) is 2. The van der Waals surface area contributed by atoms with Crippen LogP contribution < -0.4 is 15.8 Å². The smallest absolute Gasteiger partial charge is 0.226 e. The summed E-state index contributed by atoms with van der Waals surface area (Å²) in [5.41, 5.74) is 7.48.